The first-order valence-electron chi connectivity index (χ1n) is 9.32. The third-order valence-corrected chi connectivity index (χ3v) is 6.26. The molecule has 2 aliphatic heterocycles. The second-order valence-corrected chi connectivity index (χ2v) is 8.65. The summed E-state index contributed by atoms with van der Waals surface area (Å²) in [4.78, 5) is 15.3. The topological polar surface area (TPSA) is 44.4 Å². The van der Waals surface area contributed by atoms with E-state index in [0.29, 0.717) is 6.04 Å². The van der Waals surface area contributed by atoms with Gasteiger partial charge in [-0.25, -0.2) is 0 Å². The maximum absolute atomic E-state index is 12.7. The first kappa shape index (κ1) is 16.1. The Kier molecular flexibility index (Phi) is 3.92. The van der Waals surface area contributed by atoms with Gasteiger partial charge in [-0.15, -0.1) is 0 Å². The molecule has 1 aromatic rings. The number of amides is 1. The lowest BCUT2D eigenvalue weighted by atomic mass is 9.85. The number of hydrogen-bond donors (Lipinski definition) is 2. The van der Waals surface area contributed by atoms with Crippen molar-refractivity contribution in [3.8, 4) is 0 Å². The zero-order valence-corrected chi connectivity index (χ0v) is 14.9. The lowest BCUT2D eigenvalue weighted by Gasteiger charge is -2.42. The van der Waals surface area contributed by atoms with Crippen LogP contribution in [-0.2, 0) is 17.6 Å². The van der Waals surface area contributed by atoms with Gasteiger partial charge in [0.05, 0.1) is 0 Å². The van der Waals surface area contributed by atoms with Gasteiger partial charge in [-0.1, -0.05) is 38.1 Å². The monoisotopic (exact) mass is 327 g/mol. The minimum atomic E-state index is -0.351. The van der Waals surface area contributed by atoms with Crippen molar-refractivity contribution in [2.45, 2.75) is 51.1 Å². The molecule has 1 spiro atoms. The molecule has 0 saturated carbocycles. The number of hydrogen-bond acceptors (Lipinski definition) is 3. The number of carbonyl (C=O) groups excluding carboxylic acids is 1. The molecule has 24 heavy (non-hydrogen) atoms. The number of fused-ring (bicyclic) bond motifs is 1. The Labute approximate surface area is 145 Å². The number of benzene rings is 1. The second-order valence-electron chi connectivity index (χ2n) is 8.65. The third kappa shape index (κ3) is 2.86. The van der Waals surface area contributed by atoms with Crippen LogP contribution in [0.5, 0.6) is 0 Å². The van der Waals surface area contributed by atoms with Crippen LogP contribution in [0.1, 0.15) is 37.8 Å². The summed E-state index contributed by atoms with van der Waals surface area (Å²) in [6, 6.07) is 9.44. The normalized spacial score (nSPS) is 26.8. The van der Waals surface area contributed by atoms with E-state index in [2.05, 4.69) is 53.6 Å². The van der Waals surface area contributed by atoms with E-state index >= 15 is 0 Å². The van der Waals surface area contributed by atoms with Crippen molar-refractivity contribution >= 4 is 5.91 Å². The smallest absolute Gasteiger partial charge is 0.240 e. The highest BCUT2D eigenvalue weighted by Gasteiger charge is 2.45. The standard InChI is InChI=1S/C20H29N3O/c1-19(2)13-21-18(24)20(22-14-19)7-9-23(10-8-20)17-11-15-5-3-4-6-16(15)12-17/h3-6,17,22H,7-14H2,1-2H3,(H,21,24). The van der Waals surface area contributed by atoms with Crippen LogP contribution in [0.25, 0.3) is 0 Å². The van der Waals surface area contributed by atoms with E-state index < -0.39 is 0 Å². The van der Waals surface area contributed by atoms with Gasteiger partial charge in [0.25, 0.3) is 0 Å². The average Bonchev–Trinajstić information content (AvgIpc) is 2.98. The van der Waals surface area contributed by atoms with Gasteiger partial charge in [0.2, 0.25) is 5.91 Å². The van der Waals surface area contributed by atoms with E-state index in [1.165, 1.54) is 11.1 Å². The molecule has 130 valence electrons. The first-order chi connectivity index (χ1) is 11.5. The lowest BCUT2D eigenvalue weighted by molar-refractivity contribution is -0.129. The Morgan fingerprint density at radius 1 is 1.04 bits per heavy atom. The van der Waals surface area contributed by atoms with E-state index in [1.54, 1.807) is 0 Å². The fourth-order valence-electron chi connectivity index (χ4n) is 4.51. The van der Waals surface area contributed by atoms with Gasteiger partial charge in [0, 0.05) is 32.2 Å². The molecule has 4 heteroatoms. The molecule has 2 N–H and O–H groups in total. The summed E-state index contributed by atoms with van der Waals surface area (Å²) in [6.07, 6.45) is 4.16. The number of piperidine rings is 1. The number of nitrogens with zero attached hydrogens (tertiary/aromatic N) is 1. The van der Waals surface area contributed by atoms with Crippen molar-refractivity contribution in [3.05, 3.63) is 35.4 Å². The van der Waals surface area contributed by atoms with Crippen LogP contribution in [0.3, 0.4) is 0 Å². The quantitative estimate of drug-likeness (QED) is 0.826. The van der Waals surface area contributed by atoms with Gasteiger partial charge < -0.3 is 10.6 Å². The van der Waals surface area contributed by atoms with Gasteiger partial charge in [-0.2, -0.15) is 0 Å². The predicted octanol–water partition coefficient (Wildman–Crippen LogP) is 1.73. The summed E-state index contributed by atoms with van der Waals surface area (Å²) in [5, 5.41) is 6.80. The molecule has 0 bridgehead atoms. The van der Waals surface area contributed by atoms with E-state index in [1.807, 2.05) is 0 Å². The van der Waals surface area contributed by atoms with E-state index in [4.69, 9.17) is 0 Å². The molecule has 4 nitrogen and oxygen atoms in total. The molecule has 2 heterocycles. The zero-order chi connectivity index (χ0) is 16.8. The molecule has 2 fully saturated rings. The molecular formula is C20H29N3O. The summed E-state index contributed by atoms with van der Waals surface area (Å²) in [7, 11) is 0. The molecule has 1 aromatic carbocycles. The Morgan fingerprint density at radius 3 is 2.29 bits per heavy atom. The molecule has 0 unspecified atom stereocenters. The molecule has 0 aromatic heterocycles. The van der Waals surface area contributed by atoms with Crippen molar-refractivity contribution in [2.75, 3.05) is 26.2 Å². The minimum absolute atomic E-state index is 0.128. The molecular weight excluding hydrogens is 298 g/mol. The largest absolute Gasteiger partial charge is 0.354 e. The molecule has 0 radical (unpaired) electrons. The number of carbonyl (C=O) groups is 1. The summed E-state index contributed by atoms with van der Waals surface area (Å²) < 4.78 is 0. The van der Waals surface area contributed by atoms with Crippen molar-refractivity contribution in [2.24, 2.45) is 5.41 Å². The van der Waals surface area contributed by atoms with E-state index in [0.717, 1.165) is 51.9 Å². The van der Waals surface area contributed by atoms with Gasteiger partial charge >= 0.3 is 0 Å². The Hall–Kier alpha value is -1.39. The number of rotatable bonds is 1. The fraction of sp³-hybridized carbons (Fsp3) is 0.650. The van der Waals surface area contributed by atoms with Gasteiger partial charge in [-0.3, -0.25) is 9.69 Å². The van der Waals surface area contributed by atoms with Crippen LogP contribution in [0.15, 0.2) is 24.3 Å². The number of nitrogens with one attached hydrogen (secondary N) is 2. The van der Waals surface area contributed by atoms with E-state index in [9.17, 15) is 4.79 Å². The van der Waals surface area contributed by atoms with Crippen molar-refractivity contribution in [1.82, 2.24) is 15.5 Å². The van der Waals surface area contributed by atoms with Crippen molar-refractivity contribution in [3.63, 3.8) is 0 Å². The maximum Gasteiger partial charge on any atom is 0.240 e. The lowest BCUT2D eigenvalue weighted by Crippen LogP contribution is -2.61. The summed E-state index contributed by atoms with van der Waals surface area (Å²) >= 11 is 0. The average molecular weight is 327 g/mol. The summed E-state index contributed by atoms with van der Waals surface area (Å²) in [6.45, 7) is 8.12. The third-order valence-electron chi connectivity index (χ3n) is 6.26. The second kappa shape index (κ2) is 5.85. The molecule has 1 aliphatic carbocycles. The van der Waals surface area contributed by atoms with Gasteiger partial charge in [0.15, 0.2) is 0 Å². The summed E-state index contributed by atoms with van der Waals surface area (Å²) in [5.74, 6) is 0.211. The van der Waals surface area contributed by atoms with Crippen LogP contribution in [0, 0.1) is 5.41 Å². The minimum Gasteiger partial charge on any atom is -0.354 e. The van der Waals surface area contributed by atoms with Crippen molar-refractivity contribution < 1.29 is 4.79 Å². The first-order valence-corrected chi connectivity index (χ1v) is 9.32. The van der Waals surface area contributed by atoms with Crippen molar-refractivity contribution in [1.29, 1.82) is 0 Å². The molecule has 4 rings (SSSR count). The highest BCUT2D eigenvalue weighted by Crippen LogP contribution is 2.32. The van der Waals surface area contributed by atoms with E-state index in [-0.39, 0.29) is 16.9 Å². The van der Waals surface area contributed by atoms with Gasteiger partial charge in [-0.05, 0) is 42.2 Å². The Balaban J connectivity index is 1.41. The SMILES string of the molecule is CC1(C)CNC(=O)C2(CCN(C3Cc4ccccc4C3)CC2)NC1. The van der Waals surface area contributed by atoms with Crippen LogP contribution in [0.4, 0.5) is 0 Å². The van der Waals surface area contributed by atoms with Gasteiger partial charge in [0.1, 0.15) is 5.54 Å². The molecule has 3 aliphatic rings. The van der Waals surface area contributed by atoms with Crippen LogP contribution < -0.4 is 10.6 Å². The number of likely N-dealkylation sites (tertiary alicyclic amines) is 1. The Bertz CT molecular complexity index is 607. The fourth-order valence-corrected chi connectivity index (χ4v) is 4.51. The van der Waals surface area contributed by atoms with Crippen LogP contribution in [-0.4, -0.2) is 48.6 Å². The molecule has 2 saturated heterocycles. The highest BCUT2D eigenvalue weighted by atomic mass is 16.2. The predicted molar refractivity (Wildman–Crippen MR) is 96.0 cm³/mol. The summed E-state index contributed by atoms with van der Waals surface area (Å²) in [5.41, 5.74) is 2.80. The maximum atomic E-state index is 12.7. The molecule has 0 atom stereocenters. The Morgan fingerprint density at radius 2 is 1.67 bits per heavy atom. The van der Waals surface area contributed by atoms with Crippen LogP contribution >= 0.6 is 0 Å². The molecule has 1 amide bonds. The highest BCUT2D eigenvalue weighted by molar-refractivity contribution is 5.86. The van der Waals surface area contributed by atoms with Crippen LogP contribution in [0.2, 0.25) is 0 Å². The zero-order valence-electron chi connectivity index (χ0n) is 14.9.